The molecule has 1 aliphatic rings. The summed E-state index contributed by atoms with van der Waals surface area (Å²) in [5.74, 6) is 0.417. The van der Waals surface area contributed by atoms with E-state index in [1.54, 1.807) is 7.11 Å². The lowest BCUT2D eigenvalue weighted by atomic mass is 10.1. The number of rotatable bonds is 5. The van der Waals surface area contributed by atoms with Crippen LogP contribution in [0.25, 0.3) is 0 Å². The van der Waals surface area contributed by atoms with Gasteiger partial charge >= 0.3 is 0 Å². The van der Waals surface area contributed by atoms with Crippen LogP contribution in [0.3, 0.4) is 0 Å². The molecule has 0 fully saturated rings. The minimum absolute atomic E-state index is 0.144. The molecular weight excluding hydrogens is 326 g/mol. The quantitative estimate of drug-likeness (QED) is 0.835. The molecule has 3 rings (SSSR count). The van der Waals surface area contributed by atoms with E-state index in [1.165, 1.54) is 0 Å². The molecule has 0 bridgehead atoms. The SMILES string of the molecule is COCC1CN(C(=O)CCc2ccccc2Cl)Cc2cncn2C1. The van der Waals surface area contributed by atoms with Gasteiger partial charge in [-0.2, -0.15) is 0 Å². The minimum Gasteiger partial charge on any atom is -0.384 e. The van der Waals surface area contributed by atoms with E-state index in [2.05, 4.69) is 9.55 Å². The zero-order valence-corrected chi connectivity index (χ0v) is 14.6. The van der Waals surface area contributed by atoms with Crippen molar-refractivity contribution < 1.29 is 9.53 Å². The number of amides is 1. The predicted octanol–water partition coefficient (Wildman–Crippen LogP) is 2.77. The lowest BCUT2D eigenvalue weighted by Crippen LogP contribution is -2.35. The average Bonchev–Trinajstić information content (AvgIpc) is 2.93. The normalized spacial score (nSPS) is 17.4. The van der Waals surface area contributed by atoms with Gasteiger partial charge in [0.15, 0.2) is 0 Å². The second-order valence-corrected chi connectivity index (χ2v) is 6.63. The molecule has 2 heterocycles. The second-order valence-electron chi connectivity index (χ2n) is 6.22. The van der Waals surface area contributed by atoms with Crippen LogP contribution in [0.5, 0.6) is 0 Å². The summed E-state index contributed by atoms with van der Waals surface area (Å²) in [6, 6.07) is 7.69. The van der Waals surface area contributed by atoms with Crippen molar-refractivity contribution in [3.8, 4) is 0 Å². The van der Waals surface area contributed by atoms with Gasteiger partial charge in [-0.05, 0) is 18.1 Å². The Balaban J connectivity index is 1.68. The summed E-state index contributed by atoms with van der Waals surface area (Å²) in [5, 5.41) is 0.719. The van der Waals surface area contributed by atoms with Crippen molar-refractivity contribution in [3.05, 3.63) is 53.1 Å². The number of ether oxygens (including phenoxy) is 1. The fraction of sp³-hybridized carbons (Fsp3) is 0.444. The monoisotopic (exact) mass is 347 g/mol. The molecule has 1 amide bonds. The van der Waals surface area contributed by atoms with Crippen LogP contribution in [0.1, 0.15) is 17.7 Å². The number of halogens is 1. The number of aromatic nitrogens is 2. The number of carbonyl (C=O) groups is 1. The highest BCUT2D eigenvalue weighted by molar-refractivity contribution is 6.31. The van der Waals surface area contributed by atoms with E-state index in [9.17, 15) is 4.79 Å². The molecule has 0 N–H and O–H groups in total. The summed E-state index contributed by atoms with van der Waals surface area (Å²) in [6.45, 7) is 2.77. The smallest absolute Gasteiger partial charge is 0.223 e. The van der Waals surface area contributed by atoms with Crippen LogP contribution >= 0.6 is 11.6 Å². The van der Waals surface area contributed by atoms with E-state index < -0.39 is 0 Å². The number of hydrogen-bond donors (Lipinski definition) is 0. The third kappa shape index (κ3) is 3.97. The topological polar surface area (TPSA) is 47.4 Å². The second kappa shape index (κ2) is 7.81. The van der Waals surface area contributed by atoms with E-state index in [-0.39, 0.29) is 11.8 Å². The summed E-state index contributed by atoms with van der Waals surface area (Å²) in [7, 11) is 1.70. The van der Waals surface area contributed by atoms with Gasteiger partial charge in [-0.3, -0.25) is 4.79 Å². The van der Waals surface area contributed by atoms with Crippen molar-refractivity contribution in [1.29, 1.82) is 0 Å². The first-order valence-electron chi connectivity index (χ1n) is 8.16. The van der Waals surface area contributed by atoms with Gasteiger partial charge in [-0.1, -0.05) is 29.8 Å². The van der Waals surface area contributed by atoms with Gasteiger partial charge in [0.25, 0.3) is 0 Å². The summed E-state index contributed by atoms with van der Waals surface area (Å²) in [5.41, 5.74) is 2.08. The summed E-state index contributed by atoms with van der Waals surface area (Å²) in [4.78, 5) is 18.9. The Hall–Kier alpha value is -1.85. The van der Waals surface area contributed by atoms with E-state index in [0.29, 0.717) is 32.5 Å². The van der Waals surface area contributed by atoms with Gasteiger partial charge in [0.05, 0.1) is 25.2 Å². The standard InChI is InChI=1S/C18H22ClN3O2/c1-24-12-14-9-21(11-16-8-20-13-22(16)10-14)18(23)7-6-15-4-2-3-5-17(15)19/h2-5,8,13-14H,6-7,9-12H2,1H3. The van der Waals surface area contributed by atoms with E-state index in [1.807, 2.05) is 41.7 Å². The van der Waals surface area contributed by atoms with Gasteiger partial charge < -0.3 is 14.2 Å². The molecule has 1 aromatic carbocycles. The van der Waals surface area contributed by atoms with Gasteiger partial charge in [-0.25, -0.2) is 4.98 Å². The van der Waals surface area contributed by atoms with Crippen molar-refractivity contribution in [2.75, 3.05) is 20.3 Å². The zero-order chi connectivity index (χ0) is 16.9. The van der Waals surface area contributed by atoms with Crippen LogP contribution < -0.4 is 0 Å². The van der Waals surface area contributed by atoms with Crippen LogP contribution in [0.4, 0.5) is 0 Å². The van der Waals surface area contributed by atoms with Crippen molar-refractivity contribution in [2.45, 2.75) is 25.9 Å². The van der Waals surface area contributed by atoms with Crippen molar-refractivity contribution >= 4 is 17.5 Å². The minimum atomic E-state index is 0.144. The van der Waals surface area contributed by atoms with E-state index in [4.69, 9.17) is 16.3 Å². The van der Waals surface area contributed by atoms with Gasteiger partial charge in [0.1, 0.15) is 0 Å². The molecule has 0 saturated carbocycles. The zero-order valence-electron chi connectivity index (χ0n) is 13.8. The summed E-state index contributed by atoms with van der Waals surface area (Å²) in [6.07, 6.45) is 4.78. The van der Waals surface area contributed by atoms with Crippen molar-refractivity contribution in [3.63, 3.8) is 0 Å². The molecule has 128 valence electrons. The number of imidazole rings is 1. The number of carbonyl (C=O) groups excluding carboxylic acids is 1. The fourth-order valence-electron chi connectivity index (χ4n) is 3.18. The van der Waals surface area contributed by atoms with Crippen LogP contribution in [0.2, 0.25) is 5.02 Å². The Morgan fingerprint density at radius 1 is 1.38 bits per heavy atom. The number of benzene rings is 1. The molecular formula is C18H22ClN3O2. The number of hydrogen-bond acceptors (Lipinski definition) is 3. The molecule has 1 aromatic heterocycles. The third-order valence-corrected chi connectivity index (χ3v) is 4.77. The maximum Gasteiger partial charge on any atom is 0.223 e. The molecule has 6 heteroatoms. The van der Waals surface area contributed by atoms with Crippen molar-refractivity contribution in [2.24, 2.45) is 5.92 Å². The summed E-state index contributed by atoms with van der Waals surface area (Å²) >= 11 is 6.18. The van der Waals surface area contributed by atoms with Crippen LogP contribution in [-0.2, 0) is 29.0 Å². The Labute approximate surface area is 147 Å². The molecule has 5 nitrogen and oxygen atoms in total. The van der Waals surface area contributed by atoms with Gasteiger partial charge in [-0.15, -0.1) is 0 Å². The number of nitrogens with zero attached hydrogens (tertiary/aromatic N) is 3. The van der Waals surface area contributed by atoms with E-state index >= 15 is 0 Å². The Morgan fingerprint density at radius 2 is 2.21 bits per heavy atom. The maximum absolute atomic E-state index is 12.7. The Bertz CT molecular complexity index is 701. The Kier molecular flexibility index (Phi) is 5.53. The molecule has 0 spiro atoms. The van der Waals surface area contributed by atoms with E-state index in [0.717, 1.165) is 22.8 Å². The lowest BCUT2D eigenvalue weighted by Gasteiger charge is -2.24. The first-order chi connectivity index (χ1) is 11.7. The Morgan fingerprint density at radius 3 is 3.00 bits per heavy atom. The molecule has 24 heavy (non-hydrogen) atoms. The molecule has 0 radical (unpaired) electrons. The highest BCUT2D eigenvalue weighted by Crippen LogP contribution is 2.20. The van der Waals surface area contributed by atoms with Crippen molar-refractivity contribution in [1.82, 2.24) is 14.5 Å². The number of fused-ring (bicyclic) bond motifs is 1. The first-order valence-corrected chi connectivity index (χ1v) is 8.54. The maximum atomic E-state index is 12.7. The molecule has 1 aliphatic heterocycles. The summed E-state index contributed by atoms with van der Waals surface area (Å²) < 4.78 is 7.43. The molecule has 0 aliphatic carbocycles. The lowest BCUT2D eigenvalue weighted by molar-refractivity contribution is -0.132. The van der Waals surface area contributed by atoms with Gasteiger partial charge in [0.2, 0.25) is 5.91 Å². The fourth-order valence-corrected chi connectivity index (χ4v) is 3.41. The van der Waals surface area contributed by atoms with Crippen LogP contribution in [0, 0.1) is 5.92 Å². The highest BCUT2D eigenvalue weighted by Gasteiger charge is 2.25. The van der Waals surface area contributed by atoms with Gasteiger partial charge in [0, 0.05) is 43.8 Å². The number of aryl methyl sites for hydroxylation is 1. The van der Waals surface area contributed by atoms with Crippen LogP contribution in [0.15, 0.2) is 36.8 Å². The largest absolute Gasteiger partial charge is 0.384 e. The molecule has 1 atom stereocenters. The third-order valence-electron chi connectivity index (χ3n) is 4.41. The number of methoxy groups -OCH3 is 1. The molecule has 1 unspecified atom stereocenters. The molecule has 0 saturated heterocycles. The molecule has 2 aromatic rings. The predicted molar refractivity (Wildman–Crippen MR) is 92.8 cm³/mol. The highest BCUT2D eigenvalue weighted by atomic mass is 35.5. The van der Waals surface area contributed by atoms with Crippen LogP contribution in [-0.4, -0.2) is 40.6 Å². The average molecular weight is 348 g/mol. The first kappa shape index (κ1) is 17.0.